The van der Waals surface area contributed by atoms with Crippen molar-refractivity contribution in [2.75, 3.05) is 5.32 Å². The number of nitrogens with zero attached hydrogens (tertiary/aromatic N) is 3. The lowest BCUT2D eigenvalue weighted by atomic mass is 10.0. The number of hydrogen-bond acceptors (Lipinski definition) is 3. The molecule has 1 aromatic heterocycles. The van der Waals surface area contributed by atoms with Crippen LogP contribution in [0.3, 0.4) is 0 Å². The maximum absolute atomic E-state index is 13.0. The number of nitriles is 1. The molecule has 1 aliphatic carbocycles. The summed E-state index contributed by atoms with van der Waals surface area (Å²) in [6.45, 7) is 1.99. The number of aromatic nitrogens is 1. The molecule has 0 unspecified atom stereocenters. The molecule has 1 aliphatic heterocycles. The van der Waals surface area contributed by atoms with Gasteiger partial charge in [0.15, 0.2) is 0 Å². The molecule has 1 fully saturated rings. The summed E-state index contributed by atoms with van der Waals surface area (Å²) in [6.07, 6.45) is 1.88. The predicted octanol–water partition coefficient (Wildman–Crippen LogP) is 2.93. The molecule has 116 valence electrons. The van der Waals surface area contributed by atoms with Gasteiger partial charge in [0.2, 0.25) is 0 Å². The zero-order valence-corrected chi connectivity index (χ0v) is 13.2. The minimum absolute atomic E-state index is 0.0774. The summed E-state index contributed by atoms with van der Waals surface area (Å²) in [5.41, 5.74) is 4.21. The van der Waals surface area contributed by atoms with Crippen LogP contribution in [-0.4, -0.2) is 21.4 Å². The molecule has 1 amide bonds. The summed E-state index contributed by atoms with van der Waals surface area (Å²) >= 11 is 0. The quantitative estimate of drug-likeness (QED) is 0.928. The highest BCUT2D eigenvalue weighted by atomic mass is 16.2. The number of hydrogen-bond donors (Lipinski definition) is 1. The summed E-state index contributed by atoms with van der Waals surface area (Å²) < 4.78 is 1.88. The van der Waals surface area contributed by atoms with Crippen LogP contribution >= 0.6 is 0 Å². The molecule has 1 atom stereocenters. The van der Waals surface area contributed by atoms with Crippen LogP contribution in [0.25, 0.3) is 0 Å². The highest BCUT2D eigenvalue weighted by Crippen LogP contribution is 2.41. The van der Waals surface area contributed by atoms with E-state index in [-0.39, 0.29) is 12.1 Å². The third-order valence-corrected chi connectivity index (χ3v) is 4.89. The average molecular weight is 306 g/mol. The Balaban J connectivity index is 1.84. The van der Waals surface area contributed by atoms with Gasteiger partial charge in [-0.25, -0.2) is 0 Å². The molecule has 0 radical (unpaired) electrons. The molecule has 23 heavy (non-hydrogen) atoms. The first-order chi connectivity index (χ1) is 11.1. The van der Waals surface area contributed by atoms with Gasteiger partial charge in [-0.1, -0.05) is 12.1 Å². The van der Waals surface area contributed by atoms with Crippen molar-refractivity contribution in [1.82, 2.24) is 9.47 Å². The van der Waals surface area contributed by atoms with Crippen molar-refractivity contribution in [1.29, 1.82) is 5.26 Å². The third-order valence-electron chi connectivity index (χ3n) is 4.89. The highest BCUT2D eigenvalue weighted by Gasteiger charge is 2.42. The summed E-state index contributed by atoms with van der Waals surface area (Å²) in [6, 6.07) is 12.0. The van der Waals surface area contributed by atoms with E-state index >= 15 is 0 Å². The second-order valence-corrected chi connectivity index (χ2v) is 6.28. The van der Waals surface area contributed by atoms with Gasteiger partial charge in [0.05, 0.1) is 5.56 Å². The van der Waals surface area contributed by atoms with Crippen LogP contribution in [0, 0.1) is 18.3 Å². The van der Waals surface area contributed by atoms with E-state index in [4.69, 9.17) is 0 Å². The van der Waals surface area contributed by atoms with E-state index in [2.05, 4.69) is 11.4 Å². The Bertz CT molecular complexity index is 841. The second-order valence-electron chi connectivity index (χ2n) is 6.28. The fraction of sp³-hybridized carbons (Fsp3) is 0.333. The van der Waals surface area contributed by atoms with Crippen LogP contribution in [-0.2, 0) is 7.05 Å². The summed E-state index contributed by atoms with van der Waals surface area (Å²) in [4.78, 5) is 14.9. The Morgan fingerprint density at radius 1 is 1.30 bits per heavy atom. The summed E-state index contributed by atoms with van der Waals surface area (Å²) in [7, 11) is 1.89. The minimum Gasteiger partial charge on any atom is -0.361 e. The fourth-order valence-corrected chi connectivity index (χ4v) is 3.33. The zero-order chi connectivity index (χ0) is 16.1. The van der Waals surface area contributed by atoms with Gasteiger partial charge in [0.1, 0.15) is 17.9 Å². The van der Waals surface area contributed by atoms with Crippen LogP contribution < -0.4 is 5.32 Å². The fourth-order valence-electron chi connectivity index (χ4n) is 3.33. The van der Waals surface area contributed by atoms with Gasteiger partial charge < -0.3 is 14.8 Å². The van der Waals surface area contributed by atoms with Gasteiger partial charge in [0, 0.05) is 30.0 Å². The van der Waals surface area contributed by atoms with Gasteiger partial charge in [-0.3, -0.25) is 4.79 Å². The van der Waals surface area contributed by atoms with Crippen LogP contribution in [0.5, 0.6) is 0 Å². The van der Waals surface area contributed by atoms with E-state index in [1.165, 1.54) is 0 Å². The zero-order valence-electron chi connectivity index (χ0n) is 13.2. The molecule has 5 heteroatoms. The molecule has 2 aliphatic rings. The average Bonchev–Trinajstić information content (AvgIpc) is 3.35. The number of carbonyl (C=O) groups excluding carboxylic acids is 1. The van der Waals surface area contributed by atoms with Crippen molar-refractivity contribution in [2.24, 2.45) is 7.05 Å². The summed E-state index contributed by atoms with van der Waals surface area (Å²) in [5, 5.41) is 12.8. The van der Waals surface area contributed by atoms with E-state index in [9.17, 15) is 10.1 Å². The number of carbonyl (C=O) groups is 1. The lowest BCUT2D eigenvalue weighted by Crippen LogP contribution is -2.44. The topological polar surface area (TPSA) is 61.1 Å². The van der Waals surface area contributed by atoms with E-state index < -0.39 is 0 Å². The van der Waals surface area contributed by atoms with Crippen molar-refractivity contribution in [3.63, 3.8) is 0 Å². The van der Waals surface area contributed by atoms with E-state index in [0.29, 0.717) is 11.7 Å². The molecule has 2 heterocycles. The largest absolute Gasteiger partial charge is 0.361 e. The maximum atomic E-state index is 13.0. The van der Waals surface area contributed by atoms with Gasteiger partial charge in [-0.2, -0.15) is 5.26 Å². The molecule has 1 aromatic carbocycles. The van der Waals surface area contributed by atoms with Gasteiger partial charge >= 0.3 is 0 Å². The van der Waals surface area contributed by atoms with Crippen molar-refractivity contribution in [3.8, 4) is 6.07 Å². The van der Waals surface area contributed by atoms with Crippen LogP contribution in [0.1, 0.15) is 46.3 Å². The molecular formula is C18H18N4O. The van der Waals surface area contributed by atoms with Crippen LogP contribution in [0.4, 0.5) is 5.69 Å². The molecule has 1 saturated carbocycles. The molecule has 5 nitrogen and oxygen atoms in total. The lowest BCUT2D eigenvalue weighted by molar-refractivity contribution is 0.0666. The predicted molar refractivity (Wildman–Crippen MR) is 86.9 cm³/mol. The lowest BCUT2D eigenvalue weighted by Gasteiger charge is -2.38. The van der Waals surface area contributed by atoms with Gasteiger partial charge in [0.25, 0.3) is 5.91 Å². The van der Waals surface area contributed by atoms with E-state index in [1.54, 1.807) is 0 Å². The first-order valence-corrected chi connectivity index (χ1v) is 7.86. The van der Waals surface area contributed by atoms with Crippen LogP contribution in [0.15, 0.2) is 30.3 Å². The Morgan fingerprint density at radius 2 is 2.04 bits per heavy atom. The number of fused-ring (bicyclic) bond motifs is 1. The molecule has 0 saturated heterocycles. The van der Waals surface area contributed by atoms with Gasteiger partial charge in [-0.05, 0) is 38.0 Å². The summed E-state index contributed by atoms with van der Waals surface area (Å²) in [5.74, 6) is 0.0774. The number of nitrogens with one attached hydrogen (secondary N) is 1. The molecule has 0 bridgehead atoms. The van der Waals surface area contributed by atoms with Crippen LogP contribution in [0.2, 0.25) is 0 Å². The first-order valence-electron chi connectivity index (χ1n) is 7.86. The molecule has 0 spiro atoms. The Labute approximate surface area is 135 Å². The Hall–Kier alpha value is -2.74. The molecule has 2 aromatic rings. The second kappa shape index (κ2) is 4.88. The third kappa shape index (κ3) is 2.02. The van der Waals surface area contributed by atoms with E-state index in [0.717, 1.165) is 35.3 Å². The van der Waals surface area contributed by atoms with E-state index in [1.807, 2.05) is 53.8 Å². The standard InChI is InChI=1S/C18H18N4O/c1-11-15(9-13(10-19)21(11)2)17-20-16-6-4-3-5-14(16)18(23)22(17)12-7-8-12/h3-6,9,12,17,20H,7-8H2,1-2H3/t17-/m0/s1. The number of rotatable bonds is 2. The van der Waals surface area contributed by atoms with Crippen molar-refractivity contribution in [2.45, 2.75) is 32.0 Å². The normalized spacial score (nSPS) is 20.0. The molecule has 4 rings (SSSR count). The SMILES string of the molecule is Cc1c([C@H]2Nc3ccccc3C(=O)N2C2CC2)cc(C#N)n1C. The van der Waals surface area contributed by atoms with Crippen molar-refractivity contribution >= 4 is 11.6 Å². The molecular weight excluding hydrogens is 288 g/mol. The number of amides is 1. The number of anilines is 1. The molecule has 1 N–H and O–H groups in total. The highest BCUT2D eigenvalue weighted by molar-refractivity contribution is 6.02. The number of para-hydroxylation sites is 1. The number of benzene rings is 1. The first kappa shape index (κ1) is 13.9. The monoisotopic (exact) mass is 306 g/mol. The maximum Gasteiger partial charge on any atom is 0.258 e. The minimum atomic E-state index is -0.210. The van der Waals surface area contributed by atoms with Crippen molar-refractivity contribution < 1.29 is 4.79 Å². The smallest absolute Gasteiger partial charge is 0.258 e. The van der Waals surface area contributed by atoms with Gasteiger partial charge in [-0.15, -0.1) is 0 Å². The Kier molecular flexibility index (Phi) is 2.95. The Morgan fingerprint density at radius 3 is 2.70 bits per heavy atom. The van der Waals surface area contributed by atoms with Crippen molar-refractivity contribution in [3.05, 3.63) is 52.8 Å².